The van der Waals surface area contributed by atoms with Crippen LogP contribution in [0.15, 0.2) is 41.3 Å². The van der Waals surface area contributed by atoms with E-state index >= 15 is 0 Å². The van der Waals surface area contributed by atoms with Gasteiger partial charge in [0.2, 0.25) is 10.0 Å². The number of fused-ring (bicyclic) bond motifs is 1. The third-order valence-corrected chi connectivity index (χ3v) is 9.07. The molecule has 36 heavy (non-hydrogen) atoms. The fourth-order valence-corrected chi connectivity index (χ4v) is 6.44. The van der Waals surface area contributed by atoms with Gasteiger partial charge in [-0.3, -0.25) is 9.69 Å². The number of thiazole rings is 1. The number of amides is 1. The number of sulfonamides is 1. The number of hydrogen-bond acceptors (Lipinski definition) is 6. The first-order valence-corrected chi connectivity index (χ1v) is 13.6. The highest BCUT2D eigenvalue weighted by atomic mass is 35.5. The van der Waals surface area contributed by atoms with E-state index in [1.807, 2.05) is 19.0 Å². The van der Waals surface area contributed by atoms with Gasteiger partial charge in [0, 0.05) is 37.8 Å². The van der Waals surface area contributed by atoms with E-state index in [9.17, 15) is 22.0 Å². The van der Waals surface area contributed by atoms with E-state index in [2.05, 4.69) is 11.9 Å². The van der Waals surface area contributed by atoms with Gasteiger partial charge >= 0.3 is 0 Å². The first-order chi connectivity index (χ1) is 16.6. The molecule has 0 aliphatic carbocycles. The minimum Gasteiger partial charge on any atom is -0.308 e. The number of likely N-dealkylation sites (N-methyl/N-ethyl adjacent to an activating group) is 1. The molecule has 1 aromatic heterocycles. The molecule has 0 spiro atoms. The van der Waals surface area contributed by atoms with E-state index in [1.54, 1.807) is 0 Å². The predicted octanol–water partition coefficient (Wildman–Crippen LogP) is 4.63. The fraction of sp³-hybridized carbons (Fsp3) is 0.417. The second-order valence-corrected chi connectivity index (χ2v) is 12.0. The Morgan fingerprint density at radius 2 is 1.75 bits per heavy atom. The molecular weight excluding hydrogens is 530 g/mol. The van der Waals surface area contributed by atoms with Gasteiger partial charge in [-0.1, -0.05) is 18.3 Å². The van der Waals surface area contributed by atoms with Crippen molar-refractivity contribution in [3.63, 3.8) is 0 Å². The van der Waals surface area contributed by atoms with Gasteiger partial charge in [-0.25, -0.2) is 22.2 Å². The average Bonchev–Trinajstić information content (AvgIpc) is 3.23. The van der Waals surface area contributed by atoms with Crippen LogP contribution in [0.25, 0.3) is 10.2 Å². The largest absolute Gasteiger partial charge is 0.308 e. The summed E-state index contributed by atoms with van der Waals surface area (Å²) in [5, 5.41) is 0.246. The minimum atomic E-state index is -3.63. The number of piperidine rings is 1. The van der Waals surface area contributed by atoms with Gasteiger partial charge in [0.25, 0.3) is 5.91 Å². The van der Waals surface area contributed by atoms with Crippen molar-refractivity contribution in [2.45, 2.75) is 24.7 Å². The number of carbonyl (C=O) groups is 1. The summed E-state index contributed by atoms with van der Waals surface area (Å²) in [5.74, 6) is -1.40. The zero-order valence-electron chi connectivity index (χ0n) is 20.3. The topological polar surface area (TPSA) is 73.8 Å². The Morgan fingerprint density at radius 3 is 2.36 bits per heavy atom. The molecule has 0 N–H and O–H groups in total. The van der Waals surface area contributed by atoms with Gasteiger partial charge in [0.1, 0.15) is 11.3 Å². The highest BCUT2D eigenvalue weighted by Crippen LogP contribution is 2.32. The first kappa shape index (κ1) is 28.4. The Labute approximate surface area is 220 Å². The first-order valence-electron chi connectivity index (χ1n) is 11.4. The molecule has 0 saturated carbocycles. The Hall–Kier alpha value is -2.18. The van der Waals surface area contributed by atoms with Crippen molar-refractivity contribution >= 4 is 55.0 Å². The van der Waals surface area contributed by atoms with Crippen molar-refractivity contribution in [2.24, 2.45) is 5.92 Å². The van der Waals surface area contributed by atoms with E-state index in [0.717, 1.165) is 30.2 Å². The van der Waals surface area contributed by atoms with E-state index in [1.165, 1.54) is 39.5 Å². The average molecular weight is 559 g/mol. The van der Waals surface area contributed by atoms with Crippen molar-refractivity contribution in [1.82, 2.24) is 14.2 Å². The van der Waals surface area contributed by atoms with Crippen LogP contribution in [0.3, 0.4) is 0 Å². The maximum Gasteiger partial charge on any atom is 0.260 e. The van der Waals surface area contributed by atoms with Crippen LogP contribution in [0.5, 0.6) is 0 Å². The molecule has 1 fully saturated rings. The molecule has 2 heterocycles. The van der Waals surface area contributed by atoms with Gasteiger partial charge in [0.15, 0.2) is 10.9 Å². The van der Waals surface area contributed by atoms with Gasteiger partial charge in [-0.2, -0.15) is 4.31 Å². The highest BCUT2D eigenvalue weighted by molar-refractivity contribution is 7.89. The smallest absolute Gasteiger partial charge is 0.260 e. The lowest BCUT2D eigenvalue weighted by molar-refractivity contribution is 0.0985. The summed E-state index contributed by atoms with van der Waals surface area (Å²) >= 11 is 1.03. The summed E-state index contributed by atoms with van der Waals surface area (Å²) in [6, 6.07) is 7.81. The van der Waals surface area contributed by atoms with Crippen LogP contribution in [0.2, 0.25) is 0 Å². The Kier molecular flexibility index (Phi) is 9.05. The summed E-state index contributed by atoms with van der Waals surface area (Å²) in [5.41, 5.74) is 0.284. The lowest BCUT2D eigenvalue weighted by Crippen LogP contribution is -2.38. The van der Waals surface area contributed by atoms with E-state index in [0.29, 0.717) is 30.3 Å². The standard InChI is InChI=1S/C24H28F2N4O3S2.ClH/c1-16-8-10-29(11-9-16)35(32,33)19-6-4-17(5-7-19)23(31)30(13-12-28(2)3)24-27-22-20(26)14-18(25)15-21(22)34-24;/h4-7,14-16H,8-13H2,1-3H3;1H. The van der Waals surface area contributed by atoms with Gasteiger partial charge in [-0.05, 0) is 63.2 Å². The van der Waals surface area contributed by atoms with Crippen molar-refractivity contribution in [3.05, 3.63) is 53.6 Å². The fourth-order valence-electron chi connectivity index (χ4n) is 3.94. The SMILES string of the molecule is CC1CCN(S(=O)(=O)c2ccc(C(=O)N(CCN(C)C)c3nc4c(F)cc(F)cc4s3)cc2)CC1.Cl. The van der Waals surface area contributed by atoms with Crippen LogP contribution in [0.4, 0.5) is 13.9 Å². The van der Waals surface area contributed by atoms with Crippen LogP contribution in [0.1, 0.15) is 30.1 Å². The normalized spacial score (nSPS) is 15.3. The number of benzene rings is 2. The quantitative estimate of drug-likeness (QED) is 0.423. The van der Waals surface area contributed by atoms with Crippen molar-refractivity contribution in [2.75, 3.05) is 45.2 Å². The van der Waals surface area contributed by atoms with Gasteiger partial charge < -0.3 is 4.90 Å². The molecule has 0 radical (unpaired) electrons. The minimum absolute atomic E-state index is 0. The number of aromatic nitrogens is 1. The molecule has 0 bridgehead atoms. The Bertz CT molecular complexity index is 1330. The summed E-state index contributed by atoms with van der Waals surface area (Å²) in [7, 11) is 0.0827. The van der Waals surface area contributed by atoms with Crippen LogP contribution >= 0.6 is 23.7 Å². The Morgan fingerprint density at radius 1 is 1.11 bits per heavy atom. The number of nitrogens with zero attached hydrogens (tertiary/aromatic N) is 4. The maximum absolute atomic E-state index is 14.2. The number of carbonyl (C=O) groups excluding carboxylic acids is 1. The second-order valence-electron chi connectivity index (χ2n) is 9.10. The number of hydrogen-bond donors (Lipinski definition) is 0. The molecule has 196 valence electrons. The Balaban J connectivity index is 0.00000361. The predicted molar refractivity (Wildman–Crippen MR) is 141 cm³/mol. The summed E-state index contributed by atoms with van der Waals surface area (Å²) in [6.45, 7) is 3.86. The lowest BCUT2D eigenvalue weighted by atomic mass is 10.0. The van der Waals surface area contributed by atoms with Gasteiger partial charge in [-0.15, -0.1) is 12.4 Å². The van der Waals surface area contributed by atoms with Gasteiger partial charge in [0.05, 0.1) is 9.60 Å². The van der Waals surface area contributed by atoms with Crippen LogP contribution < -0.4 is 4.90 Å². The van der Waals surface area contributed by atoms with E-state index < -0.39 is 27.6 Å². The molecular formula is C24H29ClF2N4O3S2. The van der Waals surface area contributed by atoms with Crippen LogP contribution in [-0.4, -0.2) is 68.8 Å². The second kappa shape index (κ2) is 11.5. The third kappa shape index (κ3) is 6.03. The van der Waals surface area contributed by atoms with Crippen molar-refractivity contribution in [1.29, 1.82) is 0 Å². The van der Waals surface area contributed by atoms with E-state index in [4.69, 9.17) is 0 Å². The number of halogens is 3. The van der Waals surface area contributed by atoms with Crippen molar-refractivity contribution < 1.29 is 22.0 Å². The summed E-state index contributed by atoms with van der Waals surface area (Å²) < 4.78 is 55.7. The lowest BCUT2D eigenvalue weighted by Gasteiger charge is -2.29. The molecule has 0 atom stereocenters. The third-order valence-electron chi connectivity index (χ3n) is 6.13. The molecule has 4 rings (SSSR count). The molecule has 1 aliphatic heterocycles. The van der Waals surface area contributed by atoms with Crippen molar-refractivity contribution in [3.8, 4) is 0 Å². The summed E-state index contributed by atoms with van der Waals surface area (Å²) in [6.07, 6.45) is 1.65. The monoisotopic (exact) mass is 558 g/mol. The molecule has 1 aliphatic rings. The molecule has 1 saturated heterocycles. The number of anilines is 1. The number of rotatable bonds is 7. The molecule has 3 aromatic rings. The zero-order valence-corrected chi connectivity index (χ0v) is 22.7. The maximum atomic E-state index is 14.2. The molecule has 12 heteroatoms. The molecule has 2 aromatic carbocycles. The molecule has 1 amide bonds. The summed E-state index contributed by atoms with van der Waals surface area (Å²) in [4.78, 5) is 21.1. The zero-order chi connectivity index (χ0) is 25.3. The highest BCUT2D eigenvalue weighted by Gasteiger charge is 2.29. The molecule has 7 nitrogen and oxygen atoms in total. The van der Waals surface area contributed by atoms with Crippen LogP contribution in [0, 0.1) is 17.6 Å². The molecule has 0 unspecified atom stereocenters. The van der Waals surface area contributed by atoms with Crippen LogP contribution in [-0.2, 0) is 10.0 Å². The van der Waals surface area contributed by atoms with E-state index in [-0.39, 0.29) is 40.1 Å².